The Morgan fingerprint density at radius 1 is 0.840 bits per heavy atom. The third-order valence-corrected chi connectivity index (χ3v) is 3.80. The van der Waals surface area contributed by atoms with Gasteiger partial charge < -0.3 is 9.84 Å². The van der Waals surface area contributed by atoms with Crippen molar-refractivity contribution in [3.63, 3.8) is 0 Å². The van der Waals surface area contributed by atoms with E-state index in [1.807, 2.05) is 66.7 Å². The van der Waals surface area contributed by atoms with Gasteiger partial charge in [-0.2, -0.15) is 0 Å². The van der Waals surface area contributed by atoms with Gasteiger partial charge in [0.15, 0.2) is 0 Å². The van der Waals surface area contributed by atoms with E-state index in [9.17, 15) is 9.90 Å². The van der Waals surface area contributed by atoms with Gasteiger partial charge in [0, 0.05) is 12.1 Å². The van der Waals surface area contributed by atoms with E-state index >= 15 is 0 Å². The Morgan fingerprint density at radius 3 is 2.24 bits per heavy atom. The number of para-hydroxylation sites is 1. The highest BCUT2D eigenvalue weighted by molar-refractivity contribution is 5.84. The molecule has 0 aliphatic carbocycles. The van der Waals surface area contributed by atoms with Crippen molar-refractivity contribution in [2.75, 3.05) is 5.32 Å². The van der Waals surface area contributed by atoms with E-state index in [0.29, 0.717) is 12.1 Å². The normalized spacial score (nSPS) is 10.2. The third-order valence-electron chi connectivity index (χ3n) is 3.80. The second-order valence-corrected chi connectivity index (χ2v) is 5.69. The zero-order chi connectivity index (χ0) is 17.5. The maximum Gasteiger partial charge on any atom is 0.411 e. The summed E-state index contributed by atoms with van der Waals surface area (Å²) in [7, 11) is 0. The average Bonchev–Trinajstić information content (AvgIpc) is 2.64. The van der Waals surface area contributed by atoms with Crippen molar-refractivity contribution < 1.29 is 14.6 Å². The summed E-state index contributed by atoms with van der Waals surface area (Å²) in [6, 6.07) is 24.3. The van der Waals surface area contributed by atoms with Crippen molar-refractivity contribution in [1.29, 1.82) is 0 Å². The van der Waals surface area contributed by atoms with Gasteiger partial charge in [-0.25, -0.2) is 4.79 Å². The molecule has 0 radical (unpaired) electrons. The van der Waals surface area contributed by atoms with Crippen LogP contribution in [0.3, 0.4) is 0 Å². The molecule has 0 heterocycles. The first-order valence-electron chi connectivity index (χ1n) is 8.04. The molecule has 1 amide bonds. The van der Waals surface area contributed by atoms with Crippen LogP contribution in [-0.4, -0.2) is 11.2 Å². The van der Waals surface area contributed by atoms with Crippen LogP contribution in [0.1, 0.15) is 16.7 Å². The summed E-state index contributed by atoms with van der Waals surface area (Å²) in [6.07, 6.45) is 0.142. The van der Waals surface area contributed by atoms with E-state index in [1.54, 1.807) is 12.1 Å². The minimum Gasteiger partial charge on any atom is -0.508 e. The van der Waals surface area contributed by atoms with Gasteiger partial charge in [0.2, 0.25) is 0 Å². The Hall–Kier alpha value is -3.27. The molecular weight excluding hydrogens is 314 g/mol. The summed E-state index contributed by atoms with van der Waals surface area (Å²) in [6.45, 7) is 0.234. The van der Waals surface area contributed by atoms with Gasteiger partial charge in [-0.1, -0.05) is 60.7 Å². The fraction of sp³-hybridized carbons (Fsp3) is 0.0952. The van der Waals surface area contributed by atoms with Crippen LogP contribution in [0.15, 0.2) is 78.9 Å². The SMILES string of the molecule is O=C(Nc1ccc(Cc2ccccc2O)cc1)OCc1ccccc1. The van der Waals surface area contributed by atoms with Crippen LogP contribution >= 0.6 is 0 Å². The highest BCUT2D eigenvalue weighted by atomic mass is 16.5. The molecule has 4 heteroatoms. The van der Waals surface area contributed by atoms with E-state index in [-0.39, 0.29) is 12.4 Å². The van der Waals surface area contributed by atoms with Crippen LogP contribution in [0.25, 0.3) is 0 Å². The number of amides is 1. The molecule has 3 rings (SSSR count). The maximum absolute atomic E-state index is 11.8. The summed E-state index contributed by atoms with van der Waals surface area (Å²) < 4.78 is 5.19. The predicted molar refractivity (Wildman–Crippen MR) is 97.6 cm³/mol. The van der Waals surface area contributed by atoms with Gasteiger partial charge in [0.25, 0.3) is 0 Å². The number of hydrogen-bond donors (Lipinski definition) is 2. The topological polar surface area (TPSA) is 58.6 Å². The molecule has 0 fully saturated rings. The first-order valence-corrected chi connectivity index (χ1v) is 8.04. The second kappa shape index (κ2) is 8.02. The molecule has 126 valence electrons. The van der Waals surface area contributed by atoms with Crippen LogP contribution < -0.4 is 5.32 Å². The summed E-state index contributed by atoms with van der Waals surface area (Å²) >= 11 is 0. The summed E-state index contributed by atoms with van der Waals surface area (Å²) in [5, 5.41) is 12.5. The van der Waals surface area contributed by atoms with Gasteiger partial charge in [-0.15, -0.1) is 0 Å². The lowest BCUT2D eigenvalue weighted by atomic mass is 10.0. The number of aromatic hydroxyl groups is 1. The lowest BCUT2D eigenvalue weighted by Gasteiger charge is -2.08. The lowest BCUT2D eigenvalue weighted by molar-refractivity contribution is 0.155. The predicted octanol–water partition coefficient (Wildman–Crippen LogP) is 4.73. The van der Waals surface area contributed by atoms with Gasteiger partial charge in [0.1, 0.15) is 12.4 Å². The van der Waals surface area contributed by atoms with Crippen molar-refractivity contribution in [3.05, 3.63) is 95.6 Å². The quantitative estimate of drug-likeness (QED) is 0.709. The Balaban J connectivity index is 1.53. The van der Waals surface area contributed by atoms with Crippen LogP contribution in [0.2, 0.25) is 0 Å². The molecule has 0 spiro atoms. The summed E-state index contributed by atoms with van der Waals surface area (Å²) in [5.41, 5.74) is 3.52. The molecule has 0 unspecified atom stereocenters. The molecule has 0 bridgehead atoms. The second-order valence-electron chi connectivity index (χ2n) is 5.69. The summed E-state index contributed by atoms with van der Waals surface area (Å²) in [5.74, 6) is 0.286. The molecule has 0 aliphatic rings. The van der Waals surface area contributed by atoms with Gasteiger partial charge in [0.05, 0.1) is 0 Å². The highest BCUT2D eigenvalue weighted by Gasteiger charge is 2.05. The number of benzene rings is 3. The number of ether oxygens (including phenoxy) is 1. The monoisotopic (exact) mass is 333 g/mol. The number of phenols is 1. The van der Waals surface area contributed by atoms with E-state index < -0.39 is 6.09 Å². The lowest BCUT2D eigenvalue weighted by Crippen LogP contribution is -2.13. The van der Waals surface area contributed by atoms with Gasteiger partial charge >= 0.3 is 6.09 Å². The average molecular weight is 333 g/mol. The van der Waals surface area contributed by atoms with Crippen molar-refractivity contribution in [1.82, 2.24) is 0 Å². The van der Waals surface area contributed by atoms with E-state index in [4.69, 9.17) is 4.74 Å². The number of hydrogen-bond acceptors (Lipinski definition) is 3. The maximum atomic E-state index is 11.8. The zero-order valence-corrected chi connectivity index (χ0v) is 13.7. The molecule has 2 N–H and O–H groups in total. The number of nitrogens with one attached hydrogen (secondary N) is 1. The Morgan fingerprint density at radius 2 is 1.52 bits per heavy atom. The molecule has 0 aromatic heterocycles. The van der Waals surface area contributed by atoms with Crippen molar-refractivity contribution in [3.8, 4) is 5.75 Å². The third kappa shape index (κ3) is 4.85. The molecule has 0 saturated heterocycles. The van der Waals surface area contributed by atoms with Gasteiger partial charge in [-0.05, 0) is 34.9 Å². The van der Waals surface area contributed by atoms with E-state index in [2.05, 4.69) is 5.32 Å². The fourth-order valence-corrected chi connectivity index (χ4v) is 2.46. The molecule has 0 aliphatic heterocycles. The number of phenolic OH excluding ortho intramolecular Hbond substituents is 1. The smallest absolute Gasteiger partial charge is 0.411 e. The van der Waals surface area contributed by atoms with Crippen molar-refractivity contribution in [2.45, 2.75) is 13.0 Å². The zero-order valence-electron chi connectivity index (χ0n) is 13.7. The van der Waals surface area contributed by atoms with E-state index in [0.717, 1.165) is 16.7 Å². The van der Waals surface area contributed by atoms with Crippen LogP contribution in [0.5, 0.6) is 5.75 Å². The molecule has 3 aromatic rings. The number of anilines is 1. The molecular formula is C21H19NO3. The highest BCUT2D eigenvalue weighted by Crippen LogP contribution is 2.20. The first kappa shape index (κ1) is 16.6. The molecule has 25 heavy (non-hydrogen) atoms. The Labute approximate surface area is 146 Å². The molecule has 0 atom stereocenters. The Bertz CT molecular complexity index is 829. The fourth-order valence-electron chi connectivity index (χ4n) is 2.46. The first-order chi connectivity index (χ1) is 12.2. The molecule has 0 saturated carbocycles. The van der Waals surface area contributed by atoms with Crippen LogP contribution in [0.4, 0.5) is 10.5 Å². The molecule has 4 nitrogen and oxygen atoms in total. The standard InChI is InChI=1S/C21H19NO3/c23-20-9-5-4-8-18(20)14-16-10-12-19(13-11-16)22-21(24)25-15-17-6-2-1-3-7-17/h1-13,23H,14-15H2,(H,22,24). The minimum absolute atomic E-state index is 0.234. The van der Waals surface area contributed by atoms with Crippen molar-refractivity contribution in [2.24, 2.45) is 0 Å². The van der Waals surface area contributed by atoms with Crippen LogP contribution in [0, 0.1) is 0 Å². The minimum atomic E-state index is -0.489. The van der Waals surface area contributed by atoms with Crippen molar-refractivity contribution >= 4 is 11.8 Å². The van der Waals surface area contributed by atoms with Gasteiger partial charge in [-0.3, -0.25) is 5.32 Å². The Kier molecular flexibility index (Phi) is 5.32. The molecule has 3 aromatic carbocycles. The largest absolute Gasteiger partial charge is 0.508 e. The number of carbonyl (C=O) groups is 1. The number of rotatable bonds is 5. The summed E-state index contributed by atoms with van der Waals surface area (Å²) in [4.78, 5) is 11.8. The number of carbonyl (C=O) groups excluding carboxylic acids is 1. The van der Waals surface area contributed by atoms with Crippen LogP contribution in [-0.2, 0) is 17.8 Å². The van der Waals surface area contributed by atoms with E-state index in [1.165, 1.54) is 0 Å².